The molecule has 0 saturated carbocycles. The van der Waals surface area contributed by atoms with Gasteiger partial charge in [0.25, 0.3) is 0 Å². The molecule has 90 valence electrons. The van der Waals surface area contributed by atoms with Gasteiger partial charge in [-0.25, -0.2) is 4.39 Å². The van der Waals surface area contributed by atoms with Crippen LogP contribution in [0, 0.1) is 5.82 Å². The van der Waals surface area contributed by atoms with E-state index >= 15 is 0 Å². The molecular weight excluding hydrogens is 308 g/mol. The first kappa shape index (κ1) is 12.6. The average Bonchev–Trinajstić information content (AvgIpc) is 2.75. The maximum atomic E-state index is 14.0. The largest absolute Gasteiger partial charge is 0.467 e. The Bertz CT molecular complexity index is 541. The molecule has 2 aromatic rings. The van der Waals surface area contributed by atoms with E-state index in [0.717, 1.165) is 0 Å². The molecule has 2 nitrogen and oxygen atoms in total. The van der Waals surface area contributed by atoms with Gasteiger partial charge in [0.05, 0.1) is 17.8 Å². The number of nitrogens with one attached hydrogen (secondary N) is 1. The van der Waals surface area contributed by atoms with Crippen molar-refractivity contribution in [2.24, 2.45) is 0 Å². The van der Waals surface area contributed by atoms with Crippen LogP contribution in [0.3, 0.4) is 0 Å². The maximum absolute atomic E-state index is 14.0. The van der Waals surface area contributed by atoms with E-state index in [-0.39, 0.29) is 5.02 Å². The summed E-state index contributed by atoms with van der Waals surface area (Å²) in [4.78, 5) is 0. The number of hydrogen-bond donors (Lipinski definition) is 1. The molecule has 0 bridgehead atoms. The number of rotatable bonds is 3. The average molecular weight is 319 g/mol. The van der Waals surface area contributed by atoms with Crippen LogP contribution < -0.4 is 5.32 Å². The van der Waals surface area contributed by atoms with Crippen molar-refractivity contribution in [1.29, 1.82) is 0 Å². The minimum atomic E-state index is -0.445. The Kier molecular flexibility index (Phi) is 3.86. The van der Waals surface area contributed by atoms with Crippen LogP contribution in [0.5, 0.6) is 0 Å². The van der Waals surface area contributed by atoms with Crippen molar-refractivity contribution in [3.63, 3.8) is 0 Å². The second-order valence-corrected chi connectivity index (χ2v) is 4.74. The van der Waals surface area contributed by atoms with Crippen LogP contribution in [0.25, 0.3) is 11.1 Å². The van der Waals surface area contributed by atoms with E-state index in [9.17, 15) is 4.39 Å². The summed E-state index contributed by atoms with van der Waals surface area (Å²) >= 11 is 9.05. The molecular formula is C12H10BrClFNO. The summed E-state index contributed by atoms with van der Waals surface area (Å²) in [7, 11) is 1.80. The van der Waals surface area contributed by atoms with E-state index in [4.69, 9.17) is 16.0 Å². The zero-order chi connectivity index (χ0) is 12.4. The topological polar surface area (TPSA) is 25.2 Å². The fraction of sp³-hybridized carbons (Fsp3) is 0.167. The summed E-state index contributed by atoms with van der Waals surface area (Å²) in [6.45, 7) is 0.537. The Balaban J connectivity index is 2.53. The molecule has 1 aromatic heterocycles. The Morgan fingerprint density at radius 1 is 1.35 bits per heavy atom. The molecule has 0 fully saturated rings. The SMILES string of the molecule is CNCc1occc1-c1ccc(Br)c(Cl)c1F. The highest BCUT2D eigenvalue weighted by molar-refractivity contribution is 9.10. The molecule has 1 aromatic carbocycles. The first-order valence-corrected chi connectivity index (χ1v) is 6.17. The molecule has 0 aliphatic carbocycles. The molecule has 1 N–H and O–H groups in total. The minimum absolute atomic E-state index is 0.0825. The lowest BCUT2D eigenvalue weighted by Gasteiger charge is -2.06. The van der Waals surface area contributed by atoms with E-state index in [1.54, 1.807) is 25.2 Å². The lowest BCUT2D eigenvalue weighted by molar-refractivity contribution is 0.496. The van der Waals surface area contributed by atoms with Crippen LogP contribution in [0.2, 0.25) is 5.02 Å². The second-order valence-electron chi connectivity index (χ2n) is 3.51. The molecule has 0 amide bonds. The summed E-state index contributed by atoms with van der Waals surface area (Å²) in [6.07, 6.45) is 1.54. The van der Waals surface area contributed by atoms with Gasteiger partial charge < -0.3 is 9.73 Å². The van der Waals surface area contributed by atoms with Crippen LogP contribution in [-0.4, -0.2) is 7.05 Å². The van der Waals surface area contributed by atoms with Crippen LogP contribution in [0.1, 0.15) is 5.76 Å². The molecule has 5 heteroatoms. The van der Waals surface area contributed by atoms with Gasteiger partial charge in [0.15, 0.2) is 5.82 Å². The number of halogens is 3. The summed E-state index contributed by atoms with van der Waals surface area (Å²) in [5.41, 5.74) is 1.16. The van der Waals surface area contributed by atoms with E-state index < -0.39 is 5.82 Å². The molecule has 0 radical (unpaired) electrons. The summed E-state index contributed by atoms with van der Waals surface area (Å²) in [5.74, 6) is 0.240. The van der Waals surface area contributed by atoms with Gasteiger partial charge in [-0.3, -0.25) is 0 Å². The third kappa shape index (κ3) is 2.39. The predicted octanol–water partition coefficient (Wildman–Crippen LogP) is 4.22. The smallest absolute Gasteiger partial charge is 0.150 e. The number of furan rings is 1. The van der Waals surface area contributed by atoms with Gasteiger partial charge in [-0.1, -0.05) is 17.7 Å². The summed E-state index contributed by atoms with van der Waals surface area (Å²) < 4.78 is 19.9. The predicted molar refractivity (Wildman–Crippen MR) is 69.6 cm³/mol. The fourth-order valence-electron chi connectivity index (χ4n) is 1.61. The lowest BCUT2D eigenvalue weighted by atomic mass is 10.1. The molecule has 17 heavy (non-hydrogen) atoms. The van der Waals surface area contributed by atoms with Crippen LogP contribution in [0.15, 0.2) is 33.4 Å². The third-order valence-electron chi connectivity index (χ3n) is 2.41. The van der Waals surface area contributed by atoms with Gasteiger partial charge in [0.2, 0.25) is 0 Å². The molecule has 1 heterocycles. The van der Waals surface area contributed by atoms with Gasteiger partial charge in [0.1, 0.15) is 5.76 Å². The Morgan fingerprint density at radius 2 is 2.12 bits per heavy atom. The van der Waals surface area contributed by atoms with E-state index in [1.807, 2.05) is 0 Å². The zero-order valence-corrected chi connectivity index (χ0v) is 11.4. The first-order chi connectivity index (χ1) is 8.15. The van der Waals surface area contributed by atoms with E-state index in [1.165, 1.54) is 6.26 Å². The number of benzene rings is 1. The van der Waals surface area contributed by atoms with Crippen molar-refractivity contribution >= 4 is 27.5 Å². The zero-order valence-electron chi connectivity index (χ0n) is 9.06. The van der Waals surface area contributed by atoms with Gasteiger partial charge >= 0.3 is 0 Å². The van der Waals surface area contributed by atoms with Crippen LogP contribution in [-0.2, 0) is 6.54 Å². The Morgan fingerprint density at radius 3 is 2.82 bits per heavy atom. The highest BCUT2D eigenvalue weighted by atomic mass is 79.9. The third-order valence-corrected chi connectivity index (χ3v) is 3.67. The second kappa shape index (κ2) is 5.21. The maximum Gasteiger partial charge on any atom is 0.150 e. The Hall–Kier alpha value is -0.840. The molecule has 0 atom stereocenters. The highest BCUT2D eigenvalue weighted by Gasteiger charge is 2.16. The fourth-order valence-corrected chi connectivity index (χ4v) is 2.08. The van der Waals surface area contributed by atoms with E-state index in [2.05, 4.69) is 21.2 Å². The van der Waals surface area contributed by atoms with Gasteiger partial charge in [0, 0.05) is 15.6 Å². The van der Waals surface area contributed by atoms with Crippen LogP contribution in [0.4, 0.5) is 4.39 Å². The molecule has 0 unspecified atom stereocenters. The molecule has 0 aliphatic rings. The van der Waals surface area contributed by atoms with Gasteiger partial charge in [-0.2, -0.15) is 0 Å². The lowest BCUT2D eigenvalue weighted by Crippen LogP contribution is -2.05. The quantitative estimate of drug-likeness (QED) is 0.857. The molecule has 0 spiro atoms. The van der Waals surface area contributed by atoms with Crippen molar-refractivity contribution in [1.82, 2.24) is 5.32 Å². The molecule has 0 aliphatic heterocycles. The number of hydrogen-bond acceptors (Lipinski definition) is 2. The van der Waals surface area contributed by atoms with Crippen molar-refractivity contribution in [3.05, 3.63) is 45.5 Å². The highest BCUT2D eigenvalue weighted by Crippen LogP contribution is 2.34. The molecule has 2 rings (SSSR count). The van der Waals surface area contributed by atoms with E-state index in [0.29, 0.717) is 27.9 Å². The van der Waals surface area contributed by atoms with Crippen molar-refractivity contribution in [2.75, 3.05) is 7.05 Å². The van der Waals surface area contributed by atoms with Crippen LogP contribution >= 0.6 is 27.5 Å². The normalized spacial score (nSPS) is 10.8. The summed E-state index contributed by atoms with van der Waals surface area (Å²) in [6, 6.07) is 5.13. The first-order valence-electron chi connectivity index (χ1n) is 5.00. The standard InChI is InChI=1S/C12H10BrClFNO/c1-16-6-10-7(4-5-17-10)8-2-3-9(13)11(14)12(8)15/h2-5,16H,6H2,1H3. The van der Waals surface area contributed by atoms with Gasteiger partial charge in [-0.15, -0.1) is 0 Å². The van der Waals surface area contributed by atoms with Crippen molar-refractivity contribution in [3.8, 4) is 11.1 Å². The van der Waals surface area contributed by atoms with Crippen molar-refractivity contribution < 1.29 is 8.81 Å². The monoisotopic (exact) mass is 317 g/mol. The molecule has 0 saturated heterocycles. The summed E-state index contributed by atoms with van der Waals surface area (Å²) in [5, 5.41) is 3.05. The van der Waals surface area contributed by atoms with Crippen molar-refractivity contribution in [2.45, 2.75) is 6.54 Å². The Labute approximate surface area is 112 Å². The minimum Gasteiger partial charge on any atom is -0.467 e. The van der Waals surface area contributed by atoms with Gasteiger partial charge in [-0.05, 0) is 35.1 Å².